The largest absolute Gasteiger partial charge is 0.462 e. The Balaban J connectivity index is 0.000000191. The number of halogens is 1. The quantitative estimate of drug-likeness (QED) is 0.0952. The molecule has 0 saturated carbocycles. The predicted octanol–water partition coefficient (Wildman–Crippen LogP) is 10.8. The second-order valence-electron chi connectivity index (χ2n) is 10.2. The van der Waals surface area contributed by atoms with Crippen LogP contribution in [0.25, 0.3) is 21.1 Å². The first-order valence-electron chi connectivity index (χ1n) is 15.4. The van der Waals surface area contributed by atoms with Gasteiger partial charge in [0.05, 0.1) is 24.6 Å². The van der Waals surface area contributed by atoms with Crippen LogP contribution >= 0.6 is 38.6 Å². The summed E-state index contributed by atoms with van der Waals surface area (Å²) in [6, 6.07) is 34.5. The average Bonchev–Trinajstić information content (AvgIpc) is 3.75. The van der Waals surface area contributed by atoms with Crippen LogP contribution in [0, 0.1) is 6.92 Å². The summed E-state index contributed by atoms with van der Waals surface area (Å²) >= 11 is 6.06. The topological polar surface area (TPSA) is 96.8 Å². The van der Waals surface area contributed by atoms with Gasteiger partial charge in [-0.25, -0.2) is 19.6 Å². The second-order valence-corrected chi connectivity index (χ2v) is 12.7. The van der Waals surface area contributed by atoms with Crippen molar-refractivity contribution in [3.05, 3.63) is 130 Å². The summed E-state index contributed by atoms with van der Waals surface area (Å²) < 4.78 is 21.7. The van der Waals surface area contributed by atoms with Crippen molar-refractivity contribution in [3.63, 3.8) is 0 Å². The standard InChI is InChI=1S/C19H16BrNO3S.C19H17NO3S/c1-2-23-19(22)17-16(12-20)21-18(25-17)13-8-10-15(11-9-13)24-14-6-4-3-5-7-14;1-3-22-19(21)17-13(2)20-18(24-17)14-9-11-16(12-10-14)23-15-7-5-4-6-8-15/h3-11H,2,12H2,1H3;4-12H,3H2,1-2H3. The number of benzene rings is 4. The molecule has 250 valence electrons. The molecule has 4 aromatic carbocycles. The Bertz CT molecular complexity index is 1960. The van der Waals surface area contributed by atoms with Crippen LogP contribution in [0.5, 0.6) is 23.0 Å². The Morgan fingerprint density at radius 2 is 1.00 bits per heavy atom. The highest BCUT2D eigenvalue weighted by molar-refractivity contribution is 9.08. The molecule has 6 aromatic rings. The third-order valence-electron chi connectivity index (χ3n) is 6.70. The van der Waals surface area contributed by atoms with Crippen LogP contribution in [-0.2, 0) is 14.8 Å². The second kappa shape index (κ2) is 17.5. The molecule has 11 heteroatoms. The number of aromatic nitrogens is 2. The molecule has 0 unspecified atom stereocenters. The fraction of sp³-hybridized carbons (Fsp3) is 0.158. The number of aryl methyl sites for hydroxylation is 1. The summed E-state index contributed by atoms with van der Waals surface area (Å²) in [5, 5.41) is 2.08. The van der Waals surface area contributed by atoms with E-state index in [1.165, 1.54) is 22.7 Å². The highest BCUT2D eigenvalue weighted by atomic mass is 79.9. The van der Waals surface area contributed by atoms with Gasteiger partial charge < -0.3 is 18.9 Å². The number of hydrogen-bond donors (Lipinski definition) is 0. The van der Waals surface area contributed by atoms with Crippen molar-refractivity contribution in [1.29, 1.82) is 0 Å². The minimum atomic E-state index is -0.329. The van der Waals surface area contributed by atoms with Gasteiger partial charge in [-0.1, -0.05) is 52.3 Å². The number of carbonyl (C=O) groups is 2. The SMILES string of the molecule is CCOC(=O)c1sc(-c2ccc(Oc3ccccc3)cc2)nc1C.CCOC(=O)c1sc(-c2ccc(Oc3ccccc3)cc2)nc1CBr. The zero-order valence-corrected chi connectivity index (χ0v) is 30.3. The Labute approximate surface area is 301 Å². The molecule has 49 heavy (non-hydrogen) atoms. The van der Waals surface area contributed by atoms with Gasteiger partial charge in [0.15, 0.2) is 0 Å². The highest BCUT2D eigenvalue weighted by Crippen LogP contribution is 2.33. The number of carbonyl (C=O) groups excluding carboxylic acids is 2. The Kier molecular flexibility index (Phi) is 12.7. The lowest BCUT2D eigenvalue weighted by molar-refractivity contribution is 0.0521. The molecular formula is C38H33BrN2O6S2. The van der Waals surface area contributed by atoms with E-state index in [-0.39, 0.29) is 11.9 Å². The van der Waals surface area contributed by atoms with Crippen LogP contribution in [0.3, 0.4) is 0 Å². The summed E-state index contributed by atoms with van der Waals surface area (Å²) in [5.41, 5.74) is 3.27. The minimum Gasteiger partial charge on any atom is -0.462 e. The minimum absolute atomic E-state index is 0.317. The molecule has 8 nitrogen and oxygen atoms in total. The number of nitrogens with zero attached hydrogens (tertiary/aromatic N) is 2. The summed E-state index contributed by atoms with van der Waals surface area (Å²) in [4.78, 5) is 34.0. The van der Waals surface area contributed by atoms with E-state index in [0.717, 1.165) is 44.1 Å². The van der Waals surface area contributed by atoms with Crippen molar-refractivity contribution < 1.29 is 28.5 Å². The maximum absolute atomic E-state index is 12.0. The van der Waals surface area contributed by atoms with E-state index < -0.39 is 0 Å². The van der Waals surface area contributed by atoms with Crippen molar-refractivity contribution in [1.82, 2.24) is 9.97 Å². The summed E-state index contributed by atoms with van der Waals surface area (Å²) in [7, 11) is 0. The fourth-order valence-corrected chi connectivity index (χ4v) is 6.95. The monoisotopic (exact) mass is 756 g/mol. The Morgan fingerprint density at radius 1 is 0.592 bits per heavy atom. The molecule has 0 aliphatic heterocycles. The van der Waals surface area contributed by atoms with Gasteiger partial charge in [0.25, 0.3) is 0 Å². The molecule has 2 aromatic heterocycles. The molecule has 0 fully saturated rings. The van der Waals surface area contributed by atoms with Gasteiger partial charge in [0.2, 0.25) is 0 Å². The van der Waals surface area contributed by atoms with Crippen LogP contribution in [0.1, 0.15) is 44.6 Å². The zero-order chi connectivity index (χ0) is 34.6. The Morgan fingerprint density at radius 3 is 1.45 bits per heavy atom. The molecule has 0 aliphatic carbocycles. The smallest absolute Gasteiger partial charge is 0.350 e. The van der Waals surface area contributed by atoms with E-state index >= 15 is 0 Å². The van der Waals surface area contributed by atoms with E-state index in [1.807, 2.05) is 116 Å². The van der Waals surface area contributed by atoms with E-state index in [0.29, 0.717) is 39.7 Å². The summed E-state index contributed by atoms with van der Waals surface area (Å²) in [6.45, 7) is 6.11. The number of para-hydroxylation sites is 2. The number of hydrogen-bond acceptors (Lipinski definition) is 10. The first-order valence-corrected chi connectivity index (χ1v) is 18.2. The molecule has 0 bridgehead atoms. The summed E-state index contributed by atoms with van der Waals surface area (Å²) in [6.07, 6.45) is 0. The van der Waals surface area contributed by atoms with Crippen molar-refractivity contribution in [2.24, 2.45) is 0 Å². The van der Waals surface area contributed by atoms with Crippen molar-refractivity contribution >= 4 is 50.5 Å². The fourth-order valence-electron chi connectivity index (χ4n) is 4.41. The van der Waals surface area contributed by atoms with Crippen molar-refractivity contribution in [3.8, 4) is 44.1 Å². The predicted molar refractivity (Wildman–Crippen MR) is 197 cm³/mol. The molecule has 0 atom stereocenters. The van der Waals surface area contributed by atoms with Crippen LogP contribution in [-0.4, -0.2) is 35.1 Å². The first kappa shape index (κ1) is 35.5. The van der Waals surface area contributed by atoms with Gasteiger partial charge >= 0.3 is 11.9 Å². The lowest BCUT2D eigenvalue weighted by atomic mass is 10.2. The van der Waals surface area contributed by atoms with Gasteiger partial charge in [-0.05, 0) is 93.6 Å². The molecule has 0 radical (unpaired) electrons. The van der Waals surface area contributed by atoms with Crippen LogP contribution < -0.4 is 9.47 Å². The number of ether oxygens (including phenoxy) is 4. The molecular weight excluding hydrogens is 724 g/mol. The van der Waals surface area contributed by atoms with Gasteiger partial charge in [-0.2, -0.15) is 0 Å². The van der Waals surface area contributed by atoms with Crippen molar-refractivity contribution in [2.45, 2.75) is 26.1 Å². The molecule has 0 spiro atoms. The van der Waals surface area contributed by atoms with Crippen LogP contribution in [0.4, 0.5) is 0 Å². The van der Waals surface area contributed by atoms with E-state index in [1.54, 1.807) is 13.8 Å². The first-order chi connectivity index (χ1) is 23.9. The maximum Gasteiger partial charge on any atom is 0.350 e. The van der Waals surface area contributed by atoms with Gasteiger partial charge in [0.1, 0.15) is 42.8 Å². The highest BCUT2D eigenvalue weighted by Gasteiger charge is 2.20. The number of rotatable bonds is 11. The molecule has 0 saturated heterocycles. The van der Waals surface area contributed by atoms with Crippen molar-refractivity contribution in [2.75, 3.05) is 13.2 Å². The van der Waals surface area contributed by atoms with Gasteiger partial charge in [-0.3, -0.25) is 0 Å². The number of thiazole rings is 2. The van der Waals surface area contributed by atoms with E-state index in [4.69, 9.17) is 18.9 Å². The Hall–Kier alpha value is -4.84. The normalized spacial score (nSPS) is 10.4. The summed E-state index contributed by atoms with van der Waals surface area (Å²) in [5.74, 6) is 2.44. The third-order valence-corrected chi connectivity index (χ3v) is 9.55. The van der Waals surface area contributed by atoms with E-state index in [2.05, 4.69) is 25.9 Å². The molecule has 0 N–H and O–H groups in total. The third kappa shape index (κ3) is 9.62. The molecule has 2 heterocycles. The van der Waals surface area contributed by atoms with Crippen LogP contribution in [0.15, 0.2) is 109 Å². The lowest BCUT2D eigenvalue weighted by Gasteiger charge is -2.05. The van der Waals surface area contributed by atoms with E-state index in [9.17, 15) is 9.59 Å². The average molecular weight is 758 g/mol. The van der Waals surface area contributed by atoms with Gasteiger partial charge in [-0.15, -0.1) is 22.7 Å². The zero-order valence-electron chi connectivity index (χ0n) is 27.1. The van der Waals surface area contributed by atoms with Gasteiger partial charge in [0, 0.05) is 16.5 Å². The van der Waals surface area contributed by atoms with Crippen LogP contribution in [0.2, 0.25) is 0 Å². The number of alkyl halides is 1. The maximum atomic E-state index is 12.0. The molecule has 0 aliphatic rings. The molecule has 6 rings (SSSR count). The lowest BCUT2D eigenvalue weighted by Crippen LogP contribution is -2.04. The molecule has 0 amide bonds. The number of esters is 2.